The number of benzene rings is 1. The van der Waals surface area contributed by atoms with E-state index < -0.39 is 0 Å². The second-order valence-electron chi connectivity index (χ2n) is 5.54. The van der Waals surface area contributed by atoms with Gasteiger partial charge in [0.05, 0.1) is 0 Å². The van der Waals surface area contributed by atoms with E-state index in [-0.39, 0.29) is 11.7 Å². The molecule has 2 atom stereocenters. The quantitative estimate of drug-likeness (QED) is 0.343. The molecule has 1 fully saturated rings. The van der Waals surface area contributed by atoms with Crippen molar-refractivity contribution in [3.63, 3.8) is 0 Å². The van der Waals surface area contributed by atoms with Crippen molar-refractivity contribution in [2.45, 2.75) is 45.2 Å². The van der Waals surface area contributed by atoms with Crippen LogP contribution in [0.3, 0.4) is 0 Å². The second kappa shape index (κ2) is 6.70. The number of halogens is 1. The first-order chi connectivity index (χ1) is 9.61. The molecule has 0 radical (unpaired) electrons. The van der Waals surface area contributed by atoms with Crippen LogP contribution in [-0.2, 0) is 6.54 Å². The number of hydrogen-bond acceptors (Lipinski definition) is 3. The van der Waals surface area contributed by atoms with E-state index in [1.165, 1.54) is 25.3 Å². The molecule has 0 bridgehead atoms. The predicted molar refractivity (Wildman–Crippen MR) is 77.2 cm³/mol. The van der Waals surface area contributed by atoms with E-state index in [1.807, 2.05) is 0 Å². The van der Waals surface area contributed by atoms with E-state index in [2.05, 4.69) is 17.4 Å². The summed E-state index contributed by atoms with van der Waals surface area (Å²) < 4.78 is 14.0. The fraction of sp³-hybridized carbons (Fsp3) is 0.533. The van der Waals surface area contributed by atoms with E-state index in [4.69, 9.17) is 10.9 Å². The van der Waals surface area contributed by atoms with Crippen LogP contribution in [0.4, 0.5) is 4.39 Å². The summed E-state index contributed by atoms with van der Waals surface area (Å²) in [5, 5.41) is 14.9. The number of hydrogen-bond donors (Lipinski definition) is 3. The zero-order chi connectivity index (χ0) is 14.5. The molecule has 1 aromatic rings. The molecule has 0 aliphatic heterocycles. The van der Waals surface area contributed by atoms with E-state index in [9.17, 15) is 4.39 Å². The zero-order valence-electron chi connectivity index (χ0n) is 11.8. The largest absolute Gasteiger partial charge is 0.409 e. The highest BCUT2D eigenvalue weighted by molar-refractivity contribution is 5.97. The van der Waals surface area contributed by atoms with Crippen molar-refractivity contribution in [1.29, 1.82) is 0 Å². The van der Waals surface area contributed by atoms with Gasteiger partial charge in [-0.3, -0.25) is 0 Å². The van der Waals surface area contributed by atoms with Crippen molar-refractivity contribution in [2.75, 3.05) is 0 Å². The summed E-state index contributed by atoms with van der Waals surface area (Å²) in [5.41, 5.74) is 6.44. The van der Waals surface area contributed by atoms with E-state index in [0.717, 1.165) is 6.42 Å². The summed E-state index contributed by atoms with van der Waals surface area (Å²) in [4.78, 5) is 0. The molecule has 0 heterocycles. The number of oxime groups is 1. The summed E-state index contributed by atoms with van der Waals surface area (Å²) in [6.45, 7) is 2.76. The van der Waals surface area contributed by atoms with Gasteiger partial charge in [-0.2, -0.15) is 0 Å². The molecular weight excluding hydrogens is 257 g/mol. The van der Waals surface area contributed by atoms with E-state index in [1.54, 1.807) is 12.1 Å². The fourth-order valence-electron chi connectivity index (χ4n) is 2.77. The van der Waals surface area contributed by atoms with Crippen LogP contribution in [0, 0.1) is 11.7 Å². The van der Waals surface area contributed by atoms with Crippen LogP contribution in [-0.4, -0.2) is 17.1 Å². The molecule has 2 unspecified atom stereocenters. The Bertz CT molecular complexity index is 490. The molecule has 4 nitrogen and oxygen atoms in total. The molecule has 0 spiro atoms. The van der Waals surface area contributed by atoms with E-state index in [0.29, 0.717) is 29.6 Å². The smallest absolute Gasteiger partial charge is 0.170 e. The second-order valence-corrected chi connectivity index (χ2v) is 5.54. The third-order valence-corrected chi connectivity index (χ3v) is 4.12. The molecular formula is C15H22FN3O. The molecule has 1 aromatic carbocycles. The molecule has 0 aromatic heterocycles. The standard InChI is InChI=1S/C15H22FN3O/c1-10-4-2-3-5-14(10)18-9-12-7-6-11(8-13(12)16)15(17)19-20/h6-8,10,14,18,20H,2-5,9H2,1H3,(H2,17,19). The highest BCUT2D eigenvalue weighted by atomic mass is 19.1. The Morgan fingerprint density at radius 2 is 2.20 bits per heavy atom. The third kappa shape index (κ3) is 3.48. The van der Waals surface area contributed by atoms with Gasteiger partial charge >= 0.3 is 0 Å². The van der Waals surface area contributed by atoms with Crippen molar-refractivity contribution < 1.29 is 9.60 Å². The lowest BCUT2D eigenvalue weighted by Gasteiger charge is -2.29. The summed E-state index contributed by atoms with van der Waals surface area (Å²) >= 11 is 0. The average molecular weight is 279 g/mol. The number of nitrogens with two attached hydrogens (primary N) is 1. The predicted octanol–water partition coefficient (Wildman–Crippen LogP) is 2.59. The minimum absolute atomic E-state index is 0.0793. The van der Waals surface area contributed by atoms with Crippen LogP contribution >= 0.6 is 0 Å². The molecule has 0 saturated heterocycles. The Balaban J connectivity index is 1.99. The molecule has 2 rings (SSSR count). The van der Waals surface area contributed by atoms with Crippen LogP contribution in [0.1, 0.15) is 43.7 Å². The van der Waals surface area contributed by atoms with Gasteiger partial charge in [-0.25, -0.2) is 4.39 Å². The number of nitrogens with zero attached hydrogens (tertiary/aromatic N) is 1. The summed E-state index contributed by atoms with van der Waals surface area (Å²) in [7, 11) is 0. The van der Waals surface area contributed by atoms with Crippen LogP contribution in [0.25, 0.3) is 0 Å². The van der Waals surface area contributed by atoms with Gasteiger partial charge in [0.1, 0.15) is 5.82 Å². The van der Waals surface area contributed by atoms with Crippen molar-refractivity contribution in [1.82, 2.24) is 5.32 Å². The first-order valence-corrected chi connectivity index (χ1v) is 7.11. The van der Waals surface area contributed by atoms with E-state index >= 15 is 0 Å². The first kappa shape index (κ1) is 14.8. The number of amidine groups is 1. The maximum Gasteiger partial charge on any atom is 0.170 e. The monoisotopic (exact) mass is 279 g/mol. The summed E-state index contributed by atoms with van der Waals surface area (Å²) in [6.07, 6.45) is 4.93. The lowest BCUT2D eigenvalue weighted by molar-refractivity contribution is 0.278. The highest BCUT2D eigenvalue weighted by Gasteiger charge is 2.20. The van der Waals surface area contributed by atoms with Crippen LogP contribution in [0.5, 0.6) is 0 Å². The third-order valence-electron chi connectivity index (χ3n) is 4.12. The zero-order valence-corrected chi connectivity index (χ0v) is 11.8. The Hall–Kier alpha value is -1.62. The minimum Gasteiger partial charge on any atom is -0.409 e. The van der Waals surface area contributed by atoms with Crippen molar-refractivity contribution >= 4 is 5.84 Å². The Morgan fingerprint density at radius 1 is 1.45 bits per heavy atom. The molecule has 0 amide bonds. The average Bonchev–Trinajstić information content (AvgIpc) is 2.46. The lowest BCUT2D eigenvalue weighted by Crippen LogP contribution is -2.36. The fourth-order valence-corrected chi connectivity index (χ4v) is 2.77. The minimum atomic E-state index is -0.329. The maximum absolute atomic E-state index is 14.0. The number of nitrogens with one attached hydrogen (secondary N) is 1. The van der Waals surface area contributed by atoms with Gasteiger partial charge in [0.15, 0.2) is 5.84 Å². The van der Waals surface area contributed by atoms with Gasteiger partial charge in [-0.1, -0.05) is 37.1 Å². The Kier molecular flexibility index (Phi) is 4.95. The molecule has 4 N–H and O–H groups in total. The van der Waals surface area contributed by atoms with Crippen LogP contribution < -0.4 is 11.1 Å². The molecule has 5 heteroatoms. The van der Waals surface area contributed by atoms with Gasteiger partial charge < -0.3 is 16.3 Å². The highest BCUT2D eigenvalue weighted by Crippen LogP contribution is 2.24. The van der Waals surface area contributed by atoms with Gasteiger partial charge in [0.2, 0.25) is 0 Å². The Labute approximate surface area is 118 Å². The van der Waals surface area contributed by atoms with Crippen LogP contribution in [0.2, 0.25) is 0 Å². The molecule has 1 saturated carbocycles. The van der Waals surface area contributed by atoms with Gasteiger partial charge in [-0.15, -0.1) is 0 Å². The van der Waals surface area contributed by atoms with Gasteiger partial charge in [0.25, 0.3) is 0 Å². The van der Waals surface area contributed by atoms with Crippen molar-refractivity contribution in [2.24, 2.45) is 16.8 Å². The number of rotatable bonds is 4. The summed E-state index contributed by atoms with van der Waals surface area (Å²) in [5.74, 6) is 0.234. The molecule has 110 valence electrons. The van der Waals surface area contributed by atoms with Gasteiger partial charge in [-0.05, 0) is 24.8 Å². The molecule has 1 aliphatic rings. The van der Waals surface area contributed by atoms with Crippen molar-refractivity contribution in [3.05, 3.63) is 35.1 Å². The SMILES string of the molecule is CC1CCCCC1NCc1ccc(C(N)=NO)cc1F. The molecule has 20 heavy (non-hydrogen) atoms. The summed E-state index contributed by atoms with van der Waals surface area (Å²) in [6, 6.07) is 5.12. The maximum atomic E-state index is 14.0. The normalized spacial score (nSPS) is 23.8. The van der Waals surface area contributed by atoms with Crippen LogP contribution in [0.15, 0.2) is 23.4 Å². The first-order valence-electron chi connectivity index (χ1n) is 7.11. The lowest BCUT2D eigenvalue weighted by atomic mass is 9.86. The molecule has 1 aliphatic carbocycles. The topological polar surface area (TPSA) is 70.6 Å². The van der Waals surface area contributed by atoms with Gasteiger partial charge in [0, 0.05) is 23.7 Å². The van der Waals surface area contributed by atoms with Crippen molar-refractivity contribution in [3.8, 4) is 0 Å². The Morgan fingerprint density at radius 3 is 2.85 bits per heavy atom.